The third-order valence-corrected chi connectivity index (χ3v) is 9.05. The zero-order valence-corrected chi connectivity index (χ0v) is 25.1. The largest absolute Gasteiger partial charge is 0.488 e. The van der Waals surface area contributed by atoms with E-state index < -0.39 is 6.01 Å². The minimum Gasteiger partial charge on any atom is -0.488 e. The summed E-state index contributed by atoms with van der Waals surface area (Å²) in [5.41, 5.74) is 5.78. The molecule has 1 aliphatic carbocycles. The van der Waals surface area contributed by atoms with Crippen LogP contribution in [0.4, 0.5) is 4.39 Å². The van der Waals surface area contributed by atoms with Crippen LogP contribution in [0.3, 0.4) is 0 Å². The van der Waals surface area contributed by atoms with Crippen molar-refractivity contribution in [3.63, 3.8) is 0 Å². The molecule has 2 aromatic heterocycles. The number of rotatable bonds is 9. The fourth-order valence-corrected chi connectivity index (χ4v) is 6.43. The summed E-state index contributed by atoms with van der Waals surface area (Å²) in [5.74, 6) is 1.87. The molecule has 9 heteroatoms. The van der Waals surface area contributed by atoms with Crippen LogP contribution < -0.4 is 4.74 Å². The van der Waals surface area contributed by atoms with Crippen LogP contribution in [-0.4, -0.2) is 35.3 Å². The molecule has 1 saturated heterocycles. The molecular weight excluding hydrogens is 583 g/mol. The molecule has 1 fully saturated rings. The van der Waals surface area contributed by atoms with Gasteiger partial charge in [-0.1, -0.05) is 41.9 Å². The number of benzene rings is 3. The number of esters is 1. The molecule has 44 heavy (non-hydrogen) atoms. The third-order valence-electron chi connectivity index (χ3n) is 8.72. The van der Waals surface area contributed by atoms with Gasteiger partial charge in [-0.15, -0.1) is 0 Å². The van der Waals surface area contributed by atoms with E-state index in [1.807, 2.05) is 30.3 Å². The Morgan fingerprint density at radius 3 is 2.77 bits per heavy atom. The van der Waals surface area contributed by atoms with Crippen LogP contribution in [0.25, 0.3) is 27.6 Å². The van der Waals surface area contributed by atoms with Gasteiger partial charge in [-0.2, -0.15) is 4.39 Å². The number of carbonyl (C=O) groups is 1. The summed E-state index contributed by atoms with van der Waals surface area (Å²) >= 11 is 6.23. The Bertz CT molecular complexity index is 1890. The van der Waals surface area contributed by atoms with Crippen molar-refractivity contribution in [1.82, 2.24) is 9.55 Å². The number of hydrogen-bond donors (Lipinski definition) is 0. The molecule has 0 amide bonds. The van der Waals surface area contributed by atoms with E-state index in [0.29, 0.717) is 27.5 Å². The van der Waals surface area contributed by atoms with E-state index >= 15 is 0 Å². The van der Waals surface area contributed by atoms with Gasteiger partial charge >= 0.3 is 5.97 Å². The molecule has 2 aliphatic rings. The lowest BCUT2D eigenvalue weighted by Gasteiger charge is -2.28. The molecule has 1 unspecified atom stereocenters. The second-order valence-electron chi connectivity index (χ2n) is 11.5. The normalized spacial score (nSPS) is 18.3. The Kier molecular flexibility index (Phi) is 7.87. The molecule has 3 aromatic carbocycles. The van der Waals surface area contributed by atoms with Crippen molar-refractivity contribution < 1.29 is 27.8 Å². The quantitative estimate of drug-likeness (QED) is 0.156. The van der Waals surface area contributed by atoms with E-state index in [-0.39, 0.29) is 18.7 Å². The molecule has 5 aromatic rings. The fourth-order valence-electron chi connectivity index (χ4n) is 6.23. The van der Waals surface area contributed by atoms with Gasteiger partial charge in [0.2, 0.25) is 0 Å². The van der Waals surface area contributed by atoms with Crippen LogP contribution in [0.2, 0.25) is 5.02 Å². The van der Waals surface area contributed by atoms with Gasteiger partial charge in [-0.3, -0.25) is 0 Å². The SMILES string of the molecule is COC(=O)c1ccc2nc(CC3CC=C(c4ccccc4OCc4ccc(Cl)c5cc(F)oc45)CC3)n(C[C@@H]3CCO3)c2c1. The highest BCUT2D eigenvalue weighted by molar-refractivity contribution is 6.35. The highest BCUT2D eigenvalue weighted by Gasteiger charge is 2.25. The highest BCUT2D eigenvalue weighted by Crippen LogP contribution is 2.37. The molecule has 0 spiro atoms. The Labute approximate surface area is 259 Å². The molecule has 0 saturated carbocycles. The maximum absolute atomic E-state index is 13.8. The molecule has 7 rings (SSSR count). The number of aromatic nitrogens is 2. The van der Waals surface area contributed by atoms with Crippen molar-refractivity contribution in [3.8, 4) is 5.75 Å². The average molecular weight is 615 g/mol. The van der Waals surface area contributed by atoms with E-state index in [1.54, 1.807) is 18.2 Å². The van der Waals surface area contributed by atoms with Crippen LogP contribution >= 0.6 is 11.6 Å². The first kappa shape index (κ1) is 28.6. The summed E-state index contributed by atoms with van der Waals surface area (Å²) in [6, 6.07) is 17.7. The number of imidazole rings is 1. The van der Waals surface area contributed by atoms with Crippen molar-refractivity contribution in [2.45, 2.75) is 51.4 Å². The summed E-state index contributed by atoms with van der Waals surface area (Å²) in [7, 11) is 1.40. The molecule has 3 heterocycles. The van der Waals surface area contributed by atoms with Gasteiger partial charge in [0, 0.05) is 35.6 Å². The number of nitrogens with zero attached hydrogens (tertiary/aromatic N) is 2. The van der Waals surface area contributed by atoms with Gasteiger partial charge in [0.15, 0.2) is 0 Å². The van der Waals surface area contributed by atoms with Gasteiger partial charge in [0.05, 0.1) is 41.4 Å². The third kappa shape index (κ3) is 5.60. The minimum absolute atomic E-state index is 0.165. The maximum atomic E-state index is 13.8. The number of ether oxygens (including phenoxy) is 3. The Balaban J connectivity index is 1.08. The number of methoxy groups -OCH3 is 1. The number of fused-ring (bicyclic) bond motifs is 2. The monoisotopic (exact) mass is 614 g/mol. The molecule has 0 N–H and O–H groups in total. The van der Waals surface area contributed by atoms with Crippen LogP contribution in [0.15, 0.2) is 71.2 Å². The molecule has 0 bridgehead atoms. The van der Waals surface area contributed by atoms with Gasteiger partial charge < -0.3 is 23.2 Å². The lowest BCUT2D eigenvalue weighted by molar-refractivity contribution is -0.0590. The Hall–Kier alpha value is -4.14. The summed E-state index contributed by atoms with van der Waals surface area (Å²) < 4.78 is 38.3. The lowest BCUT2D eigenvalue weighted by Crippen LogP contribution is -2.32. The van der Waals surface area contributed by atoms with Crippen molar-refractivity contribution in [2.24, 2.45) is 5.92 Å². The standard InChI is InChI=1S/C35H32ClFN2O5/c1-41-35(40)23-11-13-29-30(17-23)39(19-25-14-15-42-25)33(38-29)16-21-6-8-22(9-7-21)26-4-2-3-5-31(26)43-20-24-10-12-28(36)27-18-32(37)44-34(24)27/h2-5,8,10-13,17-18,21,25H,6-7,9,14-16,19-20H2,1H3/t21?,25-/m0/s1. The summed E-state index contributed by atoms with van der Waals surface area (Å²) in [5, 5.41) is 0.980. The number of hydrogen-bond acceptors (Lipinski definition) is 6. The van der Waals surface area contributed by atoms with Crippen LogP contribution in [0.5, 0.6) is 5.75 Å². The smallest absolute Gasteiger partial charge is 0.337 e. The zero-order valence-electron chi connectivity index (χ0n) is 24.4. The van der Waals surface area contributed by atoms with E-state index in [0.717, 1.165) is 79.0 Å². The van der Waals surface area contributed by atoms with Crippen molar-refractivity contribution in [2.75, 3.05) is 13.7 Å². The predicted molar refractivity (Wildman–Crippen MR) is 166 cm³/mol. The second kappa shape index (κ2) is 12.1. The van der Waals surface area contributed by atoms with E-state index in [1.165, 1.54) is 18.7 Å². The Morgan fingerprint density at radius 1 is 1.14 bits per heavy atom. The van der Waals surface area contributed by atoms with Crippen LogP contribution in [0.1, 0.15) is 53.0 Å². The highest BCUT2D eigenvalue weighted by atomic mass is 35.5. The number of para-hydroxylation sites is 1. The second-order valence-corrected chi connectivity index (χ2v) is 11.9. The number of furan rings is 1. The zero-order chi connectivity index (χ0) is 30.2. The summed E-state index contributed by atoms with van der Waals surface area (Å²) in [6.45, 7) is 1.73. The summed E-state index contributed by atoms with van der Waals surface area (Å²) in [4.78, 5) is 17.2. The minimum atomic E-state index is -0.672. The fraction of sp³-hybridized carbons (Fsp3) is 0.314. The number of halogens is 2. The van der Waals surface area contributed by atoms with E-state index in [9.17, 15) is 9.18 Å². The Morgan fingerprint density at radius 2 is 2.00 bits per heavy atom. The molecule has 7 nitrogen and oxygen atoms in total. The number of allylic oxidation sites excluding steroid dienone is 2. The molecule has 226 valence electrons. The van der Waals surface area contributed by atoms with E-state index in [4.69, 9.17) is 35.2 Å². The van der Waals surface area contributed by atoms with Crippen LogP contribution in [0, 0.1) is 11.9 Å². The predicted octanol–water partition coefficient (Wildman–Crippen LogP) is 8.16. The first-order valence-corrected chi connectivity index (χ1v) is 15.3. The van der Waals surface area contributed by atoms with E-state index in [2.05, 4.69) is 16.7 Å². The van der Waals surface area contributed by atoms with Gasteiger partial charge in [-0.25, -0.2) is 9.78 Å². The number of carbonyl (C=O) groups excluding carboxylic acids is 1. The van der Waals surface area contributed by atoms with Crippen LogP contribution in [-0.2, 0) is 29.0 Å². The maximum Gasteiger partial charge on any atom is 0.337 e. The van der Waals surface area contributed by atoms with Crippen molar-refractivity contribution >= 4 is 45.1 Å². The van der Waals surface area contributed by atoms with Crippen molar-refractivity contribution in [3.05, 3.63) is 100 Å². The molecule has 0 radical (unpaired) electrons. The lowest BCUT2D eigenvalue weighted by atomic mass is 9.84. The van der Waals surface area contributed by atoms with Gasteiger partial charge in [-0.05, 0) is 67.5 Å². The average Bonchev–Trinajstić information content (AvgIpc) is 3.58. The first-order valence-electron chi connectivity index (χ1n) is 14.9. The summed E-state index contributed by atoms with van der Waals surface area (Å²) in [6.07, 6.45) is 7.19. The van der Waals surface area contributed by atoms with Gasteiger partial charge in [0.1, 0.15) is 23.8 Å². The van der Waals surface area contributed by atoms with Crippen molar-refractivity contribution in [1.29, 1.82) is 0 Å². The topological polar surface area (TPSA) is 75.7 Å². The molecular formula is C35H32ClFN2O5. The molecule has 1 aliphatic heterocycles. The van der Waals surface area contributed by atoms with Gasteiger partial charge in [0.25, 0.3) is 6.01 Å². The first-order chi connectivity index (χ1) is 21.5. The molecule has 2 atom stereocenters.